The first-order valence-corrected chi connectivity index (χ1v) is 10.8. The zero-order valence-corrected chi connectivity index (χ0v) is 17.2. The van der Waals surface area contributed by atoms with Crippen LogP contribution in [0.15, 0.2) is 53.4 Å². The Balaban J connectivity index is 1.47. The van der Waals surface area contributed by atoms with Crippen LogP contribution >= 0.6 is 11.8 Å². The van der Waals surface area contributed by atoms with Gasteiger partial charge in [-0.1, -0.05) is 36.4 Å². The van der Waals surface area contributed by atoms with Gasteiger partial charge < -0.3 is 4.90 Å². The summed E-state index contributed by atoms with van der Waals surface area (Å²) in [5, 5.41) is 0. The molecule has 0 aromatic heterocycles. The van der Waals surface area contributed by atoms with Crippen LogP contribution in [0.1, 0.15) is 46.8 Å². The molecule has 0 spiro atoms. The molecule has 1 aliphatic heterocycles. The third-order valence-corrected chi connectivity index (χ3v) is 5.98. The number of benzene rings is 2. The number of nitrogens with zero attached hydrogens (tertiary/aromatic N) is 1. The smallest absolute Gasteiger partial charge is 0.253 e. The summed E-state index contributed by atoms with van der Waals surface area (Å²) in [5.74, 6) is 0.114. The van der Waals surface area contributed by atoms with E-state index in [2.05, 4.69) is 41.2 Å². The molecule has 2 unspecified atom stereocenters. The monoisotopic (exact) mass is 383 g/mol. The molecule has 0 aliphatic carbocycles. The van der Waals surface area contributed by atoms with Crippen molar-refractivity contribution in [2.75, 3.05) is 19.8 Å². The van der Waals surface area contributed by atoms with E-state index in [0.717, 1.165) is 41.8 Å². The largest absolute Gasteiger partial charge is 0.342 e. The first-order valence-electron chi connectivity index (χ1n) is 9.54. The van der Waals surface area contributed by atoms with Gasteiger partial charge >= 0.3 is 0 Å². The summed E-state index contributed by atoms with van der Waals surface area (Å²) in [7, 11) is 1.90. The Labute approximate surface area is 166 Å². The highest BCUT2D eigenvalue weighted by Crippen LogP contribution is 2.24. The molecule has 3 rings (SSSR count). The van der Waals surface area contributed by atoms with Gasteiger partial charge in [0.1, 0.15) is 0 Å². The molecule has 1 aliphatic rings. The van der Waals surface area contributed by atoms with Crippen molar-refractivity contribution in [1.82, 2.24) is 15.8 Å². The summed E-state index contributed by atoms with van der Waals surface area (Å²) in [5.41, 5.74) is 9.98. The molecule has 1 heterocycles. The minimum Gasteiger partial charge on any atom is -0.342 e. The molecule has 27 heavy (non-hydrogen) atoms. The number of hydrazine groups is 1. The highest BCUT2D eigenvalue weighted by Gasteiger charge is 2.24. The molecule has 1 saturated heterocycles. The van der Waals surface area contributed by atoms with Crippen LogP contribution < -0.4 is 10.9 Å². The van der Waals surface area contributed by atoms with Gasteiger partial charge in [-0.05, 0) is 55.7 Å². The molecule has 4 nitrogen and oxygen atoms in total. The summed E-state index contributed by atoms with van der Waals surface area (Å²) < 4.78 is 0. The molecule has 2 aromatic carbocycles. The maximum atomic E-state index is 12.8. The van der Waals surface area contributed by atoms with Gasteiger partial charge in [0.05, 0.1) is 0 Å². The van der Waals surface area contributed by atoms with Crippen LogP contribution in [-0.4, -0.2) is 36.7 Å². The fraction of sp³-hybridized carbons (Fsp3) is 0.409. The highest BCUT2D eigenvalue weighted by molar-refractivity contribution is 7.98. The van der Waals surface area contributed by atoms with Crippen molar-refractivity contribution < 1.29 is 4.79 Å². The number of hydrogen-bond acceptors (Lipinski definition) is 4. The van der Waals surface area contributed by atoms with E-state index >= 15 is 0 Å². The first-order chi connectivity index (χ1) is 13.1. The van der Waals surface area contributed by atoms with Crippen LogP contribution in [0.4, 0.5) is 0 Å². The Bertz CT molecular complexity index is 765. The van der Waals surface area contributed by atoms with Gasteiger partial charge in [-0.2, -0.15) is 0 Å². The minimum absolute atomic E-state index is 0.114. The third-order valence-electron chi connectivity index (χ3n) is 5.25. The molecule has 0 bridgehead atoms. The lowest BCUT2D eigenvalue weighted by Crippen LogP contribution is -2.32. The predicted molar refractivity (Wildman–Crippen MR) is 113 cm³/mol. The zero-order valence-electron chi connectivity index (χ0n) is 16.4. The summed E-state index contributed by atoms with van der Waals surface area (Å²) >= 11 is 1.67. The van der Waals surface area contributed by atoms with Gasteiger partial charge in [0.2, 0.25) is 0 Å². The fourth-order valence-corrected chi connectivity index (χ4v) is 4.00. The standard InChI is InChI=1S/C22H29N3OS/c1-16-11-12-19(27-3)15-20(16)22(26)25(2)13-7-10-18-14-21(24-23-18)17-8-5-4-6-9-17/h4-6,8-9,11-12,15,18,21,23-24H,7,10,13-14H2,1-3H3. The average molecular weight is 384 g/mol. The van der Waals surface area contributed by atoms with Crippen molar-refractivity contribution in [1.29, 1.82) is 0 Å². The van der Waals surface area contributed by atoms with Crippen molar-refractivity contribution in [2.45, 2.75) is 43.2 Å². The van der Waals surface area contributed by atoms with Crippen LogP contribution in [0, 0.1) is 6.92 Å². The molecule has 1 fully saturated rings. The summed E-state index contributed by atoms with van der Waals surface area (Å²) in [6.07, 6.45) is 5.16. The van der Waals surface area contributed by atoms with E-state index in [9.17, 15) is 4.79 Å². The summed E-state index contributed by atoms with van der Waals surface area (Å²) in [6.45, 7) is 2.78. The fourth-order valence-electron chi connectivity index (χ4n) is 3.56. The molecule has 0 radical (unpaired) electrons. The van der Waals surface area contributed by atoms with Gasteiger partial charge in [-0.3, -0.25) is 15.6 Å². The number of carbonyl (C=O) groups excluding carboxylic acids is 1. The minimum atomic E-state index is 0.114. The number of rotatable bonds is 7. The van der Waals surface area contributed by atoms with Crippen LogP contribution in [0.3, 0.4) is 0 Å². The first kappa shape index (κ1) is 19.9. The van der Waals surface area contributed by atoms with Crippen LogP contribution in [0.5, 0.6) is 0 Å². The topological polar surface area (TPSA) is 44.4 Å². The molecule has 5 heteroatoms. The van der Waals surface area contributed by atoms with Crippen LogP contribution in [-0.2, 0) is 0 Å². The van der Waals surface area contributed by atoms with Gasteiger partial charge in [-0.25, -0.2) is 0 Å². The lowest BCUT2D eigenvalue weighted by Gasteiger charge is -2.19. The molecular formula is C22H29N3OS. The highest BCUT2D eigenvalue weighted by atomic mass is 32.2. The van der Waals surface area contributed by atoms with Crippen molar-refractivity contribution >= 4 is 17.7 Å². The Morgan fingerprint density at radius 2 is 1.96 bits per heavy atom. The van der Waals surface area contributed by atoms with E-state index in [-0.39, 0.29) is 5.91 Å². The molecule has 144 valence electrons. The third kappa shape index (κ3) is 5.12. The normalized spacial score (nSPS) is 19.2. The van der Waals surface area contributed by atoms with Crippen molar-refractivity contribution in [3.8, 4) is 0 Å². The molecule has 2 N–H and O–H groups in total. The molecule has 2 atom stereocenters. The lowest BCUT2D eigenvalue weighted by atomic mass is 10.00. The lowest BCUT2D eigenvalue weighted by molar-refractivity contribution is 0.0790. The van der Waals surface area contributed by atoms with E-state index < -0.39 is 0 Å². The molecular weight excluding hydrogens is 354 g/mol. The number of aryl methyl sites for hydroxylation is 1. The molecule has 2 aromatic rings. The second kappa shape index (κ2) is 9.40. The van der Waals surface area contributed by atoms with E-state index in [1.807, 2.05) is 43.3 Å². The van der Waals surface area contributed by atoms with Crippen LogP contribution in [0.25, 0.3) is 0 Å². The van der Waals surface area contributed by atoms with E-state index in [4.69, 9.17) is 0 Å². The second-order valence-electron chi connectivity index (χ2n) is 7.23. The number of hydrogen-bond donors (Lipinski definition) is 2. The average Bonchev–Trinajstić information content (AvgIpc) is 3.17. The zero-order chi connectivity index (χ0) is 19.2. The van der Waals surface area contributed by atoms with Gasteiger partial charge in [0.15, 0.2) is 0 Å². The van der Waals surface area contributed by atoms with E-state index in [0.29, 0.717) is 12.1 Å². The number of carbonyl (C=O) groups is 1. The number of amides is 1. The Hall–Kier alpha value is -1.82. The van der Waals surface area contributed by atoms with Crippen molar-refractivity contribution in [3.05, 3.63) is 65.2 Å². The molecule has 0 saturated carbocycles. The van der Waals surface area contributed by atoms with Gasteiger partial charge in [0.25, 0.3) is 5.91 Å². The molecule has 1 amide bonds. The van der Waals surface area contributed by atoms with Crippen molar-refractivity contribution in [2.24, 2.45) is 0 Å². The van der Waals surface area contributed by atoms with Gasteiger partial charge in [-0.15, -0.1) is 11.8 Å². The quantitative estimate of drug-likeness (QED) is 0.704. The predicted octanol–water partition coefficient (Wildman–Crippen LogP) is 4.18. The van der Waals surface area contributed by atoms with E-state index in [1.54, 1.807) is 11.8 Å². The SMILES string of the molecule is CSc1ccc(C)c(C(=O)N(C)CCCC2CC(c3ccccc3)NN2)c1. The number of nitrogens with one attached hydrogen (secondary N) is 2. The summed E-state index contributed by atoms with van der Waals surface area (Å²) in [4.78, 5) is 15.8. The maximum Gasteiger partial charge on any atom is 0.253 e. The Morgan fingerprint density at radius 3 is 2.70 bits per heavy atom. The van der Waals surface area contributed by atoms with Gasteiger partial charge in [0, 0.05) is 36.1 Å². The Morgan fingerprint density at radius 1 is 1.19 bits per heavy atom. The second-order valence-corrected chi connectivity index (χ2v) is 8.11. The number of thioether (sulfide) groups is 1. The summed E-state index contributed by atoms with van der Waals surface area (Å²) in [6, 6.07) is 17.5. The van der Waals surface area contributed by atoms with Crippen molar-refractivity contribution in [3.63, 3.8) is 0 Å². The Kier molecular flexibility index (Phi) is 6.94. The van der Waals surface area contributed by atoms with E-state index in [1.165, 1.54) is 5.56 Å². The van der Waals surface area contributed by atoms with Crippen LogP contribution in [0.2, 0.25) is 0 Å². The maximum absolute atomic E-state index is 12.8.